The van der Waals surface area contributed by atoms with Crippen LogP contribution in [0.1, 0.15) is 30.2 Å². The minimum atomic E-state index is -3.58. The van der Waals surface area contributed by atoms with Crippen LogP contribution in [0.3, 0.4) is 0 Å². The number of fused-ring (bicyclic) bond motifs is 1. The molecule has 1 aromatic heterocycles. The third-order valence-electron chi connectivity index (χ3n) is 4.00. The molecule has 0 bridgehead atoms. The van der Waals surface area contributed by atoms with E-state index in [9.17, 15) is 8.42 Å². The zero-order chi connectivity index (χ0) is 15.0. The van der Waals surface area contributed by atoms with Crippen molar-refractivity contribution in [3.8, 4) is 0 Å². The van der Waals surface area contributed by atoms with Crippen molar-refractivity contribution in [2.75, 3.05) is 4.72 Å². The third-order valence-corrected chi connectivity index (χ3v) is 5.48. The molecule has 6 heteroatoms. The molecule has 0 unspecified atom stereocenters. The highest BCUT2D eigenvalue weighted by Crippen LogP contribution is 2.26. The van der Waals surface area contributed by atoms with Gasteiger partial charge in [0.15, 0.2) is 0 Å². The van der Waals surface area contributed by atoms with Gasteiger partial charge < -0.3 is 0 Å². The van der Waals surface area contributed by atoms with Gasteiger partial charge >= 0.3 is 0 Å². The van der Waals surface area contributed by atoms with Gasteiger partial charge in [-0.05, 0) is 56.4 Å². The summed E-state index contributed by atoms with van der Waals surface area (Å²) in [4.78, 5) is 0.241. The quantitative estimate of drug-likeness (QED) is 0.944. The van der Waals surface area contributed by atoms with Gasteiger partial charge in [0.2, 0.25) is 0 Å². The smallest absolute Gasteiger partial charge is 0.265 e. The van der Waals surface area contributed by atoms with Gasteiger partial charge in [0, 0.05) is 12.2 Å². The topological polar surface area (TPSA) is 64.0 Å². The standard InChI is InChI=1S/C15H19N3O2S/c1-3-18-11(2)15(10-16-18)21(19,20)17-14-8-7-12-5-4-6-13(12)9-14/h7-10,17H,3-6H2,1-2H3. The molecule has 0 aliphatic heterocycles. The Morgan fingerprint density at radius 2 is 2.05 bits per heavy atom. The molecule has 2 aromatic rings. The number of anilines is 1. The Morgan fingerprint density at radius 1 is 1.29 bits per heavy atom. The van der Waals surface area contributed by atoms with E-state index in [2.05, 4.69) is 9.82 Å². The molecule has 0 atom stereocenters. The van der Waals surface area contributed by atoms with Gasteiger partial charge in [-0.1, -0.05) is 6.07 Å². The average Bonchev–Trinajstić information content (AvgIpc) is 3.03. The number of nitrogens with one attached hydrogen (secondary N) is 1. The molecule has 0 amide bonds. The van der Waals surface area contributed by atoms with Crippen molar-refractivity contribution in [3.63, 3.8) is 0 Å². The molecule has 0 spiro atoms. The molecule has 0 fully saturated rings. The summed E-state index contributed by atoms with van der Waals surface area (Å²) in [6, 6.07) is 5.79. The molecule has 1 N–H and O–H groups in total. The molecule has 1 aliphatic rings. The highest BCUT2D eigenvalue weighted by atomic mass is 32.2. The maximum absolute atomic E-state index is 12.5. The van der Waals surface area contributed by atoms with Crippen molar-refractivity contribution in [3.05, 3.63) is 41.2 Å². The van der Waals surface area contributed by atoms with E-state index in [0.29, 0.717) is 17.9 Å². The summed E-state index contributed by atoms with van der Waals surface area (Å²) in [6.07, 6.45) is 4.67. The van der Waals surface area contributed by atoms with Crippen LogP contribution in [0, 0.1) is 6.92 Å². The number of sulfonamides is 1. The summed E-state index contributed by atoms with van der Waals surface area (Å²) in [7, 11) is -3.58. The van der Waals surface area contributed by atoms with Gasteiger partial charge in [-0.15, -0.1) is 0 Å². The van der Waals surface area contributed by atoms with Crippen LogP contribution in [-0.4, -0.2) is 18.2 Å². The summed E-state index contributed by atoms with van der Waals surface area (Å²) in [5.74, 6) is 0. The minimum Gasteiger partial charge on any atom is -0.280 e. The first-order valence-electron chi connectivity index (χ1n) is 7.18. The number of aromatic nitrogens is 2. The van der Waals surface area contributed by atoms with Crippen molar-refractivity contribution in [1.82, 2.24) is 9.78 Å². The lowest BCUT2D eigenvalue weighted by atomic mass is 10.1. The zero-order valence-corrected chi connectivity index (χ0v) is 13.1. The van der Waals surface area contributed by atoms with E-state index in [4.69, 9.17) is 0 Å². The SMILES string of the molecule is CCn1ncc(S(=O)(=O)Nc2ccc3c(c2)CCC3)c1C. The Bertz CT molecular complexity index is 778. The Balaban J connectivity index is 1.91. The number of aryl methyl sites for hydroxylation is 3. The van der Waals surface area contributed by atoms with E-state index in [1.54, 1.807) is 11.6 Å². The van der Waals surface area contributed by atoms with Crippen molar-refractivity contribution in [1.29, 1.82) is 0 Å². The van der Waals surface area contributed by atoms with Crippen molar-refractivity contribution < 1.29 is 8.42 Å². The molecule has 1 aliphatic carbocycles. The average molecular weight is 305 g/mol. The lowest BCUT2D eigenvalue weighted by molar-refractivity contribution is 0.598. The number of nitrogens with zero attached hydrogens (tertiary/aromatic N) is 2. The Kier molecular flexibility index (Phi) is 3.49. The maximum atomic E-state index is 12.5. The van der Waals surface area contributed by atoms with Crippen molar-refractivity contribution >= 4 is 15.7 Å². The molecule has 3 rings (SSSR count). The molecule has 21 heavy (non-hydrogen) atoms. The fourth-order valence-corrected chi connectivity index (χ4v) is 4.08. The van der Waals surface area contributed by atoms with E-state index in [0.717, 1.165) is 19.3 Å². The second kappa shape index (κ2) is 5.18. The van der Waals surface area contributed by atoms with E-state index in [-0.39, 0.29) is 4.90 Å². The fourth-order valence-electron chi connectivity index (χ4n) is 2.86. The first-order chi connectivity index (χ1) is 10.0. The maximum Gasteiger partial charge on any atom is 0.265 e. The molecule has 0 saturated heterocycles. The van der Waals surface area contributed by atoms with Crippen molar-refractivity contribution in [2.24, 2.45) is 0 Å². The number of benzene rings is 1. The van der Waals surface area contributed by atoms with Gasteiger partial charge in [0.25, 0.3) is 10.0 Å². The van der Waals surface area contributed by atoms with Gasteiger partial charge in [0.05, 0.1) is 11.9 Å². The fraction of sp³-hybridized carbons (Fsp3) is 0.400. The molecule has 1 aromatic carbocycles. The van der Waals surface area contributed by atoms with Gasteiger partial charge in [-0.3, -0.25) is 9.40 Å². The number of hydrogen-bond acceptors (Lipinski definition) is 3. The second-order valence-corrected chi connectivity index (χ2v) is 7.00. The van der Waals surface area contributed by atoms with Crippen molar-refractivity contribution in [2.45, 2.75) is 44.6 Å². The van der Waals surface area contributed by atoms with E-state index in [1.807, 2.05) is 25.1 Å². The predicted molar refractivity (Wildman–Crippen MR) is 81.9 cm³/mol. The monoisotopic (exact) mass is 305 g/mol. The lowest BCUT2D eigenvalue weighted by Gasteiger charge is -2.09. The molecule has 1 heterocycles. The zero-order valence-electron chi connectivity index (χ0n) is 12.3. The second-order valence-electron chi connectivity index (χ2n) is 5.35. The Morgan fingerprint density at radius 3 is 2.76 bits per heavy atom. The predicted octanol–water partition coefficient (Wildman–Crippen LogP) is 2.50. The van der Waals surface area contributed by atoms with Crippen LogP contribution in [0.5, 0.6) is 0 Å². The Hall–Kier alpha value is -1.82. The third kappa shape index (κ3) is 2.55. The van der Waals surface area contributed by atoms with Gasteiger partial charge in [-0.25, -0.2) is 8.42 Å². The van der Waals surface area contributed by atoms with Gasteiger partial charge in [-0.2, -0.15) is 5.10 Å². The first kappa shape index (κ1) is 14.1. The van der Waals surface area contributed by atoms with Crippen LogP contribution >= 0.6 is 0 Å². The molecule has 0 radical (unpaired) electrons. The molecule has 112 valence electrons. The van der Waals surface area contributed by atoms with Crippen LogP contribution in [0.2, 0.25) is 0 Å². The van der Waals surface area contributed by atoms with Crippen LogP contribution in [0.15, 0.2) is 29.3 Å². The normalized spacial score (nSPS) is 14.2. The summed E-state index contributed by atoms with van der Waals surface area (Å²) in [6.45, 7) is 4.36. The lowest BCUT2D eigenvalue weighted by Crippen LogP contribution is -2.14. The van der Waals surface area contributed by atoms with Crippen LogP contribution in [0.4, 0.5) is 5.69 Å². The minimum absolute atomic E-state index is 0.241. The van der Waals surface area contributed by atoms with Crippen LogP contribution in [-0.2, 0) is 29.4 Å². The van der Waals surface area contributed by atoms with Crippen LogP contribution < -0.4 is 4.72 Å². The molecule has 5 nitrogen and oxygen atoms in total. The number of hydrogen-bond donors (Lipinski definition) is 1. The summed E-state index contributed by atoms with van der Waals surface area (Å²) in [5.41, 5.74) is 3.86. The first-order valence-corrected chi connectivity index (χ1v) is 8.66. The summed E-state index contributed by atoms with van der Waals surface area (Å²) < 4.78 is 29.3. The molecule has 0 saturated carbocycles. The Labute approximate surface area is 125 Å². The van der Waals surface area contributed by atoms with Crippen LogP contribution in [0.25, 0.3) is 0 Å². The van der Waals surface area contributed by atoms with E-state index in [1.165, 1.54) is 17.3 Å². The largest absolute Gasteiger partial charge is 0.280 e. The highest BCUT2D eigenvalue weighted by molar-refractivity contribution is 7.92. The highest BCUT2D eigenvalue weighted by Gasteiger charge is 2.21. The summed E-state index contributed by atoms with van der Waals surface area (Å²) >= 11 is 0. The molecular formula is C15H19N3O2S. The summed E-state index contributed by atoms with van der Waals surface area (Å²) in [5, 5.41) is 4.10. The van der Waals surface area contributed by atoms with Gasteiger partial charge in [0.1, 0.15) is 4.90 Å². The van der Waals surface area contributed by atoms with E-state index < -0.39 is 10.0 Å². The molecular weight excluding hydrogens is 286 g/mol. The number of rotatable bonds is 4. The van der Waals surface area contributed by atoms with E-state index >= 15 is 0 Å².